The minimum absolute atomic E-state index is 1.30. The lowest BCUT2D eigenvalue weighted by Gasteiger charge is -2.04. The number of aryl methyl sites for hydroxylation is 2. The molecule has 0 N–H and O–H groups in total. The van der Waals surface area contributed by atoms with Crippen LogP contribution in [0.25, 0.3) is 0 Å². The van der Waals surface area contributed by atoms with Gasteiger partial charge in [0, 0.05) is 9.75 Å². The summed E-state index contributed by atoms with van der Waals surface area (Å²) in [6, 6.07) is 0. The second-order valence-corrected chi connectivity index (χ2v) is 6.97. The van der Waals surface area contributed by atoms with Gasteiger partial charge in [0.15, 0.2) is 0 Å². The zero-order chi connectivity index (χ0) is 13.4. The van der Waals surface area contributed by atoms with Gasteiger partial charge in [0.25, 0.3) is 0 Å². The molecule has 0 aromatic carbocycles. The summed E-state index contributed by atoms with van der Waals surface area (Å²) < 4.78 is 0. The van der Waals surface area contributed by atoms with Gasteiger partial charge >= 0.3 is 0 Å². The fourth-order valence-electron chi connectivity index (χ4n) is 2.64. The Morgan fingerprint density at radius 1 is 0.722 bits per heavy atom. The molecule has 0 saturated carbocycles. The highest BCUT2D eigenvalue weighted by molar-refractivity contribution is 7.12. The molecular weight excluding hydrogens is 236 g/mol. The first kappa shape index (κ1) is 15.8. The topological polar surface area (TPSA) is 0 Å². The molecule has 1 heteroatoms. The van der Waals surface area contributed by atoms with Crippen molar-refractivity contribution in [2.75, 3.05) is 0 Å². The Balaban J connectivity index is 2.11. The summed E-state index contributed by atoms with van der Waals surface area (Å²) in [6.45, 7) is 9.11. The van der Waals surface area contributed by atoms with Crippen LogP contribution in [0.4, 0.5) is 0 Å². The van der Waals surface area contributed by atoms with E-state index in [1.807, 2.05) is 11.3 Å². The van der Waals surface area contributed by atoms with E-state index in [4.69, 9.17) is 0 Å². The van der Waals surface area contributed by atoms with Gasteiger partial charge in [-0.15, -0.1) is 11.3 Å². The lowest BCUT2D eigenvalue weighted by Crippen LogP contribution is -1.89. The summed E-state index contributed by atoms with van der Waals surface area (Å²) >= 11 is 1.97. The monoisotopic (exact) mass is 266 g/mol. The first-order valence-electron chi connectivity index (χ1n) is 7.72. The van der Waals surface area contributed by atoms with Crippen LogP contribution in [0, 0.1) is 20.8 Å². The van der Waals surface area contributed by atoms with Gasteiger partial charge in [-0.1, -0.05) is 51.9 Å². The van der Waals surface area contributed by atoms with Crippen LogP contribution in [0.2, 0.25) is 0 Å². The highest BCUT2D eigenvalue weighted by atomic mass is 32.1. The normalized spacial score (nSPS) is 11.1. The minimum Gasteiger partial charge on any atom is -0.145 e. The van der Waals surface area contributed by atoms with Crippen molar-refractivity contribution >= 4 is 11.3 Å². The quantitative estimate of drug-likeness (QED) is 0.456. The third-order valence-corrected chi connectivity index (χ3v) is 5.16. The van der Waals surface area contributed by atoms with E-state index in [1.165, 1.54) is 62.7 Å². The molecule has 0 radical (unpaired) electrons. The van der Waals surface area contributed by atoms with E-state index in [2.05, 4.69) is 27.7 Å². The molecule has 1 rings (SSSR count). The van der Waals surface area contributed by atoms with Crippen molar-refractivity contribution in [2.45, 2.75) is 85.5 Å². The van der Waals surface area contributed by atoms with Gasteiger partial charge in [-0.25, -0.2) is 0 Å². The predicted octanol–water partition coefficient (Wildman–Crippen LogP) is 6.36. The SMILES string of the molecule is CCCCCCCCCCc1c(C)sc(C)c1C. The molecule has 18 heavy (non-hydrogen) atoms. The van der Waals surface area contributed by atoms with Crippen molar-refractivity contribution in [3.8, 4) is 0 Å². The standard InChI is InChI=1S/C17H30S/c1-5-6-7-8-9-10-11-12-13-17-14(2)15(3)18-16(17)4/h5-13H2,1-4H3. The van der Waals surface area contributed by atoms with E-state index in [0.29, 0.717) is 0 Å². The van der Waals surface area contributed by atoms with Crippen LogP contribution in [-0.2, 0) is 6.42 Å². The van der Waals surface area contributed by atoms with Gasteiger partial charge in [0.05, 0.1) is 0 Å². The maximum absolute atomic E-state index is 2.29. The van der Waals surface area contributed by atoms with Crippen LogP contribution < -0.4 is 0 Å². The molecule has 0 fully saturated rings. The highest BCUT2D eigenvalue weighted by Crippen LogP contribution is 2.28. The first-order chi connectivity index (χ1) is 8.66. The Kier molecular flexibility index (Phi) is 7.65. The summed E-state index contributed by atoms with van der Waals surface area (Å²) in [7, 11) is 0. The average molecular weight is 266 g/mol. The second-order valence-electron chi connectivity index (χ2n) is 5.54. The Morgan fingerprint density at radius 2 is 1.28 bits per heavy atom. The lowest BCUT2D eigenvalue weighted by atomic mass is 10.0. The fourth-order valence-corrected chi connectivity index (χ4v) is 3.76. The molecule has 0 nitrogen and oxygen atoms in total. The zero-order valence-electron chi connectivity index (χ0n) is 12.8. The summed E-state index contributed by atoms with van der Waals surface area (Å²) in [5, 5.41) is 0. The van der Waals surface area contributed by atoms with Crippen molar-refractivity contribution in [2.24, 2.45) is 0 Å². The van der Waals surface area contributed by atoms with Crippen LogP contribution in [0.5, 0.6) is 0 Å². The predicted molar refractivity (Wildman–Crippen MR) is 84.8 cm³/mol. The van der Waals surface area contributed by atoms with Crippen LogP contribution in [0.1, 0.15) is 79.2 Å². The Morgan fingerprint density at radius 3 is 1.78 bits per heavy atom. The Bertz CT molecular complexity index is 336. The van der Waals surface area contributed by atoms with Gasteiger partial charge in [0.1, 0.15) is 0 Å². The molecule has 0 spiro atoms. The fraction of sp³-hybridized carbons (Fsp3) is 0.765. The molecule has 0 saturated heterocycles. The van der Waals surface area contributed by atoms with Gasteiger partial charge < -0.3 is 0 Å². The maximum Gasteiger partial charge on any atom is 0.00517 e. The van der Waals surface area contributed by atoms with Crippen LogP contribution >= 0.6 is 11.3 Å². The first-order valence-corrected chi connectivity index (χ1v) is 8.54. The number of hydrogen-bond acceptors (Lipinski definition) is 1. The second kappa shape index (κ2) is 8.74. The molecule has 0 bridgehead atoms. The molecule has 1 aromatic rings. The Labute approximate surface area is 118 Å². The van der Waals surface area contributed by atoms with Gasteiger partial charge in [0.2, 0.25) is 0 Å². The van der Waals surface area contributed by atoms with Gasteiger partial charge in [-0.05, 0) is 44.7 Å². The minimum atomic E-state index is 1.30. The van der Waals surface area contributed by atoms with Crippen molar-refractivity contribution in [1.29, 1.82) is 0 Å². The van der Waals surface area contributed by atoms with E-state index in [0.717, 1.165) is 0 Å². The zero-order valence-corrected chi connectivity index (χ0v) is 13.6. The van der Waals surface area contributed by atoms with Gasteiger partial charge in [-0.2, -0.15) is 0 Å². The summed E-state index contributed by atoms with van der Waals surface area (Å²) in [5.74, 6) is 0. The molecule has 0 amide bonds. The highest BCUT2D eigenvalue weighted by Gasteiger charge is 2.08. The maximum atomic E-state index is 2.29. The molecule has 104 valence electrons. The van der Waals surface area contributed by atoms with E-state index >= 15 is 0 Å². The van der Waals surface area contributed by atoms with E-state index in [-0.39, 0.29) is 0 Å². The number of hydrogen-bond donors (Lipinski definition) is 0. The summed E-state index contributed by atoms with van der Waals surface area (Å²) in [6.07, 6.45) is 12.7. The largest absolute Gasteiger partial charge is 0.145 e. The lowest BCUT2D eigenvalue weighted by molar-refractivity contribution is 0.575. The smallest absolute Gasteiger partial charge is 0.00517 e. The average Bonchev–Trinajstić information content (AvgIpc) is 2.58. The van der Waals surface area contributed by atoms with Crippen molar-refractivity contribution < 1.29 is 0 Å². The third-order valence-electron chi connectivity index (χ3n) is 3.99. The number of unbranched alkanes of at least 4 members (excludes halogenated alkanes) is 7. The molecule has 0 aliphatic heterocycles. The molecular formula is C17H30S. The van der Waals surface area contributed by atoms with E-state index < -0.39 is 0 Å². The third kappa shape index (κ3) is 5.14. The van der Waals surface area contributed by atoms with E-state index in [9.17, 15) is 0 Å². The molecule has 0 aliphatic rings. The van der Waals surface area contributed by atoms with E-state index in [1.54, 1.807) is 16.0 Å². The van der Waals surface area contributed by atoms with Crippen LogP contribution in [-0.4, -0.2) is 0 Å². The summed E-state index contributed by atoms with van der Waals surface area (Å²) in [5.41, 5.74) is 3.20. The number of thiophene rings is 1. The summed E-state index contributed by atoms with van der Waals surface area (Å²) in [4.78, 5) is 3.06. The molecule has 1 heterocycles. The number of rotatable bonds is 9. The van der Waals surface area contributed by atoms with Crippen LogP contribution in [0.15, 0.2) is 0 Å². The van der Waals surface area contributed by atoms with Gasteiger partial charge in [-0.3, -0.25) is 0 Å². The van der Waals surface area contributed by atoms with Crippen molar-refractivity contribution in [3.05, 3.63) is 20.9 Å². The van der Waals surface area contributed by atoms with Crippen molar-refractivity contribution in [1.82, 2.24) is 0 Å². The Hall–Kier alpha value is -0.300. The molecule has 0 unspecified atom stereocenters. The molecule has 0 atom stereocenters. The molecule has 1 aromatic heterocycles. The van der Waals surface area contributed by atoms with Crippen LogP contribution in [0.3, 0.4) is 0 Å². The van der Waals surface area contributed by atoms with Crippen molar-refractivity contribution in [3.63, 3.8) is 0 Å². The molecule has 0 aliphatic carbocycles.